The van der Waals surface area contributed by atoms with E-state index < -0.39 is 10.0 Å². The number of hydrogen-bond donors (Lipinski definition) is 2. The van der Waals surface area contributed by atoms with Gasteiger partial charge in [0, 0.05) is 11.4 Å². The fraction of sp³-hybridized carbons (Fsp3) is 0.107. The van der Waals surface area contributed by atoms with Gasteiger partial charge in [-0.3, -0.25) is 9.52 Å². The van der Waals surface area contributed by atoms with Crippen LogP contribution >= 0.6 is 15.9 Å². The molecule has 184 valence electrons. The molecule has 0 aromatic heterocycles. The molecule has 0 radical (unpaired) electrons. The predicted molar refractivity (Wildman–Crippen MR) is 147 cm³/mol. The van der Waals surface area contributed by atoms with Crippen molar-refractivity contribution in [2.24, 2.45) is 0 Å². The zero-order valence-electron chi connectivity index (χ0n) is 19.8. The summed E-state index contributed by atoms with van der Waals surface area (Å²) >= 11 is 3.50. The number of aryl methyl sites for hydroxylation is 2. The van der Waals surface area contributed by atoms with Crippen LogP contribution in [0.15, 0.2) is 100 Å². The summed E-state index contributed by atoms with van der Waals surface area (Å²) in [7, 11) is -3.76. The molecule has 0 unspecified atom stereocenters. The van der Waals surface area contributed by atoms with Crippen molar-refractivity contribution in [2.45, 2.75) is 18.7 Å². The minimum atomic E-state index is -3.76. The van der Waals surface area contributed by atoms with E-state index in [-0.39, 0.29) is 17.4 Å². The molecule has 0 fully saturated rings. The van der Waals surface area contributed by atoms with E-state index in [1.165, 1.54) is 12.1 Å². The lowest BCUT2D eigenvalue weighted by atomic mass is 10.1. The predicted octanol–water partition coefficient (Wildman–Crippen LogP) is 6.55. The van der Waals surface area contributed by atoms with Gasteiger partial charge in [0.25, 0.3) is 15.9 Å². The van der Waals surface area contributed by atoms with Crippen LogP contribution < -0.4 is 14.8 Å². The number of benzene rings is 4. The number of nitrogens with one attached hydrogen (secondary N) is 2. The maximum atomic E-state index is 12.7. The molecule has 4 aromatic carbocycles. The fourth-order valence-corrected chi connectivity index (χ4v) is 5.27. The van der Waals surface area contributed by atoms with Crippen molar-refractivity contribution in [1.29, 1.82) is 0 Å². The molecule has 0 aliphatic carbocycles. The number of ether oxygens (including phenoxy) is 1. The summed E-state index contributed by atoms with van der Waals surface area (Å²) in [5, 5.41) is 2.72. The summed E-state index contributed by atoms with van der Waals surface area (Å²) in [5.74, 6) is 0.182. The summed E-state index contributed by atoms with van der Waals surface area (Å²) in [6.07, 6.45) is 0. The van der Waals surface area contributed by atoms with Crippen LogP contribution in [0.5, 0.6) is 5.75 Å². The third-order valence-electron chi connectivity index (χ3n) is 5.32. The average Bonchev–Trinajstić information content (AvgIpc) is 2.83. The molecule has 0 saturated carbocycles. The smallest absolute Gasteiger partial charge is 0.262 e. The molecule has 0 aliphatic rings. The number of hydrogen-bond acceptors (Lipinski definition) is 4. The van der Waals surface area contributed by atoms with Gasteiger partial charge in [-0.2, -0.15) is 0 Å². The number of carbonyl (C=O) groups excluding carboxylic acids is 1. The SMILES string of the molecule is Cc1cc(C)cc(NS(=O)(=O)c2ccc(NC(=O)COc3ccc(-c4ccccc4)cc3Br)cc2)c1. The summed E-state index contributed by atoms with van der Waals surface area (Å²) in [4.78, 5) is 12.5. The van der Waals surface area contributed by atoms with Crippen LogP contribution in [0, 0.1) is 13.8 Å². The van der Waals surface area contributed by atoms with E-state index in [0.29, 0.717) is 17.1 Å². The van der Waals surface area contributed by atoms with Crippen LogP contribution in [-0.2, 0) is 14.8 Å². The Bertz CT molecular complexity index is 1470. The molecule has 1 amide bonds. The van der Waals surface area contributed by atoms with Crippen LogP contribution in [0.4, 0.5) is 11.4 Å². The standard InChI is InChI=1S/C28H25BrN2O4S/c1-19-14-20(2)16-24(15-19)31-36(33,34)25-11-9-23(10-12-25)30-28(32)18-35-27-13-8-22(17-26(27)29)21-6-4-3-5-7-21/h3-17,31H,18H2,1-2H3,(H,30,32). The molecule has 4 rings (SSSR count). The van der Waals surface area contributed by atoms with Gasteiger partial charge in [-0.15, -0.1) is 0 Å². The second-order valence-corrected chi connectivity index (χ2v) is 10.9. The number of anilines is 2. The van der Waals surface area contributed by atoms with Gasteiger partial charge in [0.15, 0.2) is 6.61 Å². The zero-order chi connectivity index (χ0) is 25.7. The molecule has 8 heteroatoms. The highest BCUT2D eigenvalue weighted by atomic mass is 79.9. The summed E-state index contributed by atoms with van der Waals surface area (Å²) in [5.41, 5.74) is 5.01. The van der Waals surface area contributed by atoms with Crippen molar-refractivity contribution in [1.82, 2.24) is 0 Å². The van der Waals surface area contributed by atoms with Crippen LogP contribution in [0.1, 0.15) is 11.1 Å². The number of sulfonamides is 1. The van der Waals surface area contributed by atoms with E-state index in [1.54, 1.807) is 24.3 Å². The van der Waals surface area contributed by atoms with Gasteiger partial charge in [-0.05, 0) is 101 Å². The van der Waals surface area contributed by atoms with Gasteiger partial charge in [0.05, 0.1) is 9.37 Å². The van der Waals surface area contributed by atoms with Gasteiger partial charge in [-0.1, -0.05) is 42.5 Å². The molecule has 0 heterocycles. The van der Waals surface area contributed by atoms with Crippen molar-refractivity contribution in [3.63, 3.8) is 0 Å². The third-order valence-corrected chi connectivity index (χ3v) is 7.34. The Morgan fingerprint density at radius 3 is 2.11 bits per heavy atom. The second-order valence-electron chi connectivity index (χ2n) is 8.35. The Kier molecular flexibility index (Phi) is 7.76. The molecular weight excluding hydrogens is 540 g/mol. The topological polar surface area (TPSA) is 84.5 Å². The molecule has 36 heavy (non-hydrogen) atoms. The van der Waals surface area contributed by atoms with Gasteiger partial charge >= 0.3 is 0 Å². The first-order chi connectivity index (χ1) is 17.2. The number of amides is 1. The highest BCUT2D eigenvalue weighted by Crippen LogP contribution is 2.30. The fourth-order valence-electron chi connectivity index (χ4n) is 3.73. The summed E-state index contributed by atoms with van der Waals surface area (Å²) in [6, 6.07) is 27.1. The maximum absolute atomic E-state index is 12.7. The molecule has 2 N–H and O–H groups in total. The Hall–Kier alpha value is -3.62. The highest BCUT2D eigenvalue weighted by molar-refractivity contribution is 9.10. The Balaban J connectivity index is 1.35. The Morgan fingerprint density at radius 2 is 1.47 bits per heavy atom. The van der Waals surface area contributed by atoms with Gasteiger partial charge in [-0.25, -0.2) is 8.42 Å². The normalized spacial score (nSPS) is 11.1. The van der Waals surface area contributed by atoms with Crippen molar-refractivity contribution < 1.29 is 17.9 Å². The third kappa shape index (κ3) is 6.53. The van der Waals surface area contributed by atoms with Crippen LogP contribution in [0.3, 0.4) is 0 Å². The molecular formula is C28H25BrN2O4S. The quantitative estimate of drug-likeness (QED) is 0.254. The molecule has 6 nitrogen and oxygen atoms in total. The molecule has 4 aromatic rings. The van der Waals surface area contributed by atoms with Crippen molar-refractivity contribution >= 4 is 43.2 Å². The highest BCUT2D eigenvalue weighted by Gasteiger charge is 2.15. The minimum absolute atomic E-state index is 0.0957. The van der Waals surface area contributed by atoms with Crippen LogP contribution in [-0.4, -0.2) is 20.9 Å². The van der Waals surface area contributed by atoms with E-state index in [1.807, 2.05) is 68.4 Å². The molecule has 0 aliphatic heterocycles. The maximum Gasteiger partial charge on any atom is 0.262 e. The van der Waals surface area contributed by atoms with Crippen molar-refractivity contribution in [2.75, 3.05) is 16.6 Å². The lowest BCUT2D eigenvalue weighted by Crippen LogP contribution is -2.20. The van der Waals surface area contributed by atoms with Gasteiger partial charge in [0.1, 0.15) is 5.75 Å². The van der Waals surface area contributed by atoms with Crippen LogP contribution in [0.25, 0.3) is 11.1 Å². The van der Waals surface area contributed by atoms with Crippen molar-refractivity contribution in [3.8, 4) is 16.9 Å². The van der Waals surface area contributed by atoms with Gasteiger partial charge in [0.2, 0.25) is 0 Å². The average molecular weight is 565 g/mol. The summed E-state index contributed by atoms with van der Waals surface area (Å²) in [6.45, 7) is 3.62. The van der Waals surface area contributed by atoms with Crippen molar-refractivity contribution in [3.05, 3.63) is 107 Å². The lowest BCUT2D eigenvalue weighted by molar-refractivity contribution is -0.118. The molecule has 0 atom stereocenters. The zero-order valence-corrected chi connectivity index (χ0v) is 22.2. The molecule has 0 bridgehead atoms. The van der Waals surface area contributed by atoms with E-state index in [4.69, 9.17) is 4.74 Å². The number of carbonyl (C=O) groups is 1. The van der Waals surface area contributed by atoms with E-state index >= 15 is 0 Å². The first-order valence-electron chi connectivity index (χ1n) is 11.2. The Labute approximate surface area is 219 Å². The summed E-state index contributed by atoms with van der Waals surface area (Å²) < 4.78 is 34.5. The number of rotatable bonds is 8. The first kappa shape index (κ1) is 25.5. The number of halogens is 1. The molecule has 0 spiro atoms. The largest absolute Gasteiger partial charge is 0.483 e. The molecule has 0 saturated heterocycles. The second kappa shape index (κ2) is 11.0. The van der Waals surface area contributed by atoms with E-state index in [9.17, 15) is 13.2 Å². The van der Waals surface area contributed by atoms with Gasteiger partial charge < -0.3 is 10.1 Å². The van der Waals surface area contributed by atoms with Crippen LogP contribution in [0.2, 0.25) is 0 Å². The van der Waals surface area contributed by atoms with E-state index in [2.05, 4.69) is 26.0 Å². The monoisotopic (exact) mass is 564 g/mol. The van der Waals surface area contributed by atoms with E-state index in [0.717, 1.165) is 26.7 Å². The minimum Gasteiger partial charge on any atom is -0.483 e. The first-order valence-corrected chi connectivity index (χ1v) is 13.5. The lowest BCUT2D eigenvalue weighted by Gasteiger charge is -2.12. The Morgan fingerprint density at radius 1 is 0.806 bits per heavy atom.